The minimum Gasteiger partial charge on any atom is -0.376 e. The highest BCUT2D eigenvalue weighted by atomic mass is 19.1. The Labute approximate surface area is 88.9 Å². The Balaban J connectivity index is 2.47. The van der Waals surface area contributed by atoms with E-state index in [2.05, 4.69) is 5.32 Å². The molecule has 1 amide bonds. The number of benzene rings is 1. The molecule has 0 saturated heterocycles. The molecule has 0 bridgehead atoms. The van der Waals surface area contributed by atoms with E-state index in [9.17, 15) is 9.18 Å². The predicted octanol–water partition coefficient (Wildman–Crippen LogP) is 1.72. The average Bonchev–Trinajstić information content (AvgIpc) is 2.25. The zero-order chi connectivity index (χ0) is 11.3. The molecule has 0 atom stereocenters. The molecule has 0 radical (unpaired) electrons. The number of nitrogens with zero attached hydrogens (tertiary/aromatic N) is 1. The first-order valence-electron chi connectivity index (χ1n) is 4.87. The van der Waals surface area contributed by atoms with Gasteiger partial charge in [-0.15, -0.1) is 0 Å². The van der Waals surface area contributed by atoms with Crippen molar-refractivity contribution in [1.29, 1.82) is 0 Å². The number of rotatable bonds is 4. The van der Waals surface area contributed by atoms with E-state index in [0.717, 1.165) is 0 Å². The number of nitrogens with one attached hydrogen (secondary N) is 1. The normalized spacial score (nSPS) is 9.80. The fourth-order valence-corrected chi connectivity index (χ4v) is 1.09. The van der Waals surface area contributed by atoms with E-state index in [-0.39, 0.29) is 18.3 Å². The van der Waals surface area contributed by atoms with Gasteiger partial charge >= 0.3 is 0 Å². The SMILES string of the molecule is CCN(C)C(=O)CNc1cccc(F)c1. The van der Waals surface area contributed by atoms with Gasteiger partial charge in [-0.25, -0.2) is 4.39 Å². The third kappa shape index (κ3) is 3.58. The van der Waals surface area contributed by atoms with Gasteiger partial charge in [0.05, 0.1) is 6.54 Å². The van der Waals surface area contributed by atoms with Crippen LogP contribution in [-0.4, -0.2) is 30.9 Å². The van der Waals surface area contributed by atoms with Crippen LogP contribution in [0.15, 0.2) is 24.3 Å². The second-order valence-electron chi connectivity index (χ2n) is 3.27. The number of hydrogen-bond acceptors (Lipinski definition) is 2. The number of hydrogen-bond donors (Lipinski definition) is 1. The number of carbonyl (C=O) groups is 1. The summed E-state index contributed by atoms with van der Waals surface area (Å²) in [5, 5.41) is 2.87. The van der Waals surface area contributed by atoms with Crippen LogP contribution >= 0.6 is 0 Å². The molecule has 0 heterocycles. The first-order chi connectivity index (χ1) is 7.13. The largest absolute Gasteiger partial charge is 0.376 e. The molecule has 82 valence electrons. The molecule has 0 fully saturated rings. The Kier molecular flexibility index (Phi) is 4.09. The standard InChI is InChI=1S/C11H15FN2O/c1-3-14(2)11(15)8-13-10-6-4-5-9(12)7-10/h4-7,13H,3,8H2,1-2H3. The van der Waals surface area contributed by atoms with Crippen molar-refractivity contribution in [2.45, 2.75) is 6.92 Å². The maximum Gasteiger partial charge on any atom is 0.241 e. The molecule has 0 aliphatic rings. The summed E-state index contributed by atoms with van der Waals surface area (Å²) >= 11 is 0. The first kappa shape index (κ1) is 11.5. The summed E-state index contributed by atoms with van der Waals surface area (Å²) in [6, 6.07) is 6.05. The first-order valence-corrected chi connectivity index (χ1v) is 4.87. The third-order valence-corrected chi connectivity index (χ3v) is 2.17. The number of likely N-dealkylation sites (N-methyl/N-ethyl adjacent to an activating group) is 1. The highest BCUT2D eigenvalue weighted by Crippen LogP contribution is 2.08. The molecule has 0 unspecified atom stereocenters. The van der Waals surface area contributed by atoms with E-state index in [1.165, 1.54) is 12.1 Å². The monoisotopic (exact) mass is 210 g/mol. The number of anilines is 1. The van der Waals surface area contributed by atoms with Gasteiger partial charge in [-0.3, -0.25) is 4.79 Å². The van der Waals surface area contributed by atoms with Crippen LogP contribution in [0, 0.1) is 5.82 Å². The molecule has 4 heteroatoms. The van der Waals surface area contributed by atoms with E-state index in [1.54, 1.807) is 24.1 Å². The van der Waals surface area contributed by atoms with Crippen molar-refractivity contribution in [1.82, 2.24) is 4.90 Å². The maximum atomic E-state index is 12.8. The van der Waals surface area contributed by atoms with Crippen molar-refractivity contribution in [3.63, 3.8) is 0 Å². The van der Waals surface area contributed by atoms with E-state index >= 15 is 0 Å². The molecule has 0 aromatic heterocycles. The molecule has 1 N–H and O–H groups in total. The average molecular weight is 210 g/mol. The van der Waals surface area contributed by atoms with Gasteiger partial charge in [0.2, 0.25) is 5.91 Å². The lowest BCUT2D eigenvalue weighted by atomic mass is 10.3. The third-order valence-electron chi connectivity index (χ3n) is 2.17. The van der Waals surface area contributed by atoms with Crippen molar-refractivity contribution >= 4 is 11.6 Å². The number of halogens is 1. The van der Waals surface area contributed by atoms with Gasteiger partial charge in [-0.2, -0.15) is 0 Å². The Bertz CT molecular complexity index is 341. The highest BCUT2D eigenvalue weighted by molar-refractivity contribution is 5.80. The quantitative estimate of drug-likeness (QED) is 0.820. The molecule has 0 saturated carbocycles. The summed E-state index contributed by atoms with van der Waals surface area (Å²) in [6.45, 7) is 2.76. The van der Waals surface area contributed by atoms with E-state index in [0.29, 0.717) is 12.2 Å². The Hall–Kier alpha value is -1.58. The molecule has 15 heavy (non-hydrogen) atoms. The van der Waals surface area contributed by atoms with Crippen molar-refractivity contribution in [2.24, 2.45) is 0 Å². The molecular weight excluding hydrogens is 195 g/mol. The van der Waals surface area contributed by atoms with Gasteiger partial charge in [0.15, 0.2) is 0 Å². The number of carbonyl (C=O) groups excluding carboxylic acids is 1. The van der Waals surface area contributed by atoms with Crippen molar-refractivity contribution in [2.75, 3.05) is 25.5 Å². The highest BCUT2D eigenvalue weighted by Gasteiger charge is 2.05. The van der Waals surface area contributed by atoms with Gasteiger partial charge in [-0.1, -0.05) is 6.07 Å². The molecule has 0 aliphatic carbocycles. The van der Waals surface area contributed by atoms with Crippen LogP contribution in [0.2, 0.25) is 0 Å². The number of amides is 1. The maximum absolute atomic E-state index is 12.8. The molecule has 1 aromatic rings. The lowest BCUT2D eigenvalue weighted by molar-refractivity contribution is -0.127. The Morgan fingerprint density at radius 1 is 1.53 bits per heavy atom. The fraction of sp³-hybridized carbons (Fsp3) is 0.364. The van der Waals surface area contributed by atoms with Crippen LogP contribution in [0.5, 0.6) is 0 Å². The summed E-state index contributed by atoms with van der Waals surface area (Å²) in [5.74, 6) is -0.321. The Morgan fingerprint density at radius 3 is 2.87 bits per heavy atom. The summed E-state index contributed by atoms with van der Waals surface area (Å²) < 4.78 is 12.8. The lowest BCUT2D eigenvalue weighted by Gasteiger charge is -2.15. The summed E-state index contributed by atoms with van der Waals surface area (Å²) in [4.78, 5) is 13.0. The Morgan fingerprint density at radius 2 is 2.27 bits per heavy atom. The smallest absolute Gasteiger partial charge is 0.241 e. The van der Waals surface area contributed by atoms with Gasteiger partial charge in [0.1, 0.15) is 5.82 Å². The van der Waals surface area contributed by atoms with E-state index in [4.69, 9.17) is 0 Å². The van der Waals surface area contributed by atoms with Crippen molar-refractivity contribution < 1.29 is 9.18 Å². The summed E-state index contributed by atoms with van der Waals surface area (Å²) in [6.07, 6.45) is 0. The second kappa shape index (κ2) is 5.34. The lowest BCUT2D eigenvalue weighted by Crippen LogP contribution is -2.31. The summed E-state index contributed by atoms with van der Waals surface area (Å²) in [5.41, 5.74) is 0.618. The van der Waals surface area contributed by atoms with Gasteiger partial charge in [0.25, 0.3) is 0 Å². The van der Waals surface area contributed by atoms with Gasteiger partial charge in [-0.05, 0) is 25.1 Å². The van der Waals surface area contributed by atoms with Crippen LogP contribution in [0.25, 0.3) is 0 Å². The molecule has 0 aliphatic heterocycles. The topological polar surface area (TPSA) is 32.3 Å². The molecule has 3 nitrogen and oxygen atoms in total. The van der Waals surface area contributed by atoms with Crippen LogP contribution < -0.4 is 5.32 Å². The van der Waals surface area contributed by atoms with Crippen LogP contribution in [0.1, 0.15) is 6.92 Å². The summed E-state index contributed by atoms with van der Waals surface area (Å²) in [7, 11) is 1.73. The molecular formula is C11H15FN2O. The fourth-order valence-electron chi connectivity index (χ4n) is 1.09. The van der Waals surface area contributed by atoms with E-state index < -0.39 is 0 Å². The van der Waals surface area contributed by atoms with Crippen molar-refractivity contribution in [3.05, 3.63) is 30.1 Å². The van der Waals surface area contributed by atoms with Crippen molar-refractivity contribution in [3.8, 4) is 0 Å². The van der Waals surface area contributed by atoms with E-state index in [1.807, 2.05) is 6.92 Å². The minimum atomic E-state index is -0.309. The minimum absolute atomic E-state index is 0.0123. The molecule has 0 spiro atoms. The zero-order valence-corrected chi connectivity index (χ0v) is 8.96. The molecule has 1 rings (SSSR count). The molecule has 1 aromatic carbocycles. The zero-order valence-electron chi connectivity index (χ0n) is 8.96. The van der Waals surface area contributed by atoms with Crippen LogP contribution in [0.3, 0.4) is 0 Å². The predicted molar refractivity (Wildman–Crippen MR) is 58.2 cm³/mol. The van der Waals surface area contributed by atoms with Gasteiger partial charge in [0, 0.05) is 19.3 Å². The van der Waals surface area contributed by atoms with Crippen LogP contribution in [0.4, 0.5) is 10.1 Å². The van der Waals surface area contributed by atoms with Crippen LogP contribution in [-0.2, 0) is 4.79 Å². The second-order valence-corrected chi connectivity index (χ2v) is 3.27. The van der Waals surface area contributed by atoms with Gasteiger partial charge < -0.3 is 10.2 Å².